The van der Waals surface area contributed by atoms with E-state index in [1.807, 2.05) is 0 Å². The van der Waals surface area contributed by atoms with Gasteiger partial charge in [0.15, 0.2) is 0 Å². The maximum absolute atomic E-state index is 13.1. The number of esters is 1. The van der Waals surface area contributed by atoms with Crippen LogP contribution in [0.25, 0.3) is 0 Å². The first-order valence-corrected chi connectivity index (χ1v) is 24.2. The third kappa shape index (κ3) is 38.9. The van der Waals surface area contributed by atoms with Gasteiger partial charge in [-0.1, -0.05) is 211 Å². The molecule has 0 fully saturated rings. The van der Waals surface area contributed by atoms with Gasteiger partial charge in [-0.05, 0) is 57.8 Å². The summed E-state index contributed by atoms with van der Waals surface area (Å²) in [6.45, 7) is 6.35. The minimum absolute atomic E-state index is 0.0547. The standard InChI is InChI=1S/C50H93NO5/c1-4-7-10-13-16-19-22-24-25-26-28-31-34-37-40-43-50(55)56-46(41-38-35-32-29-27-23-20-17-14-11-8-5-2)44-49(54)51-47(45-52)48(53)42-39-36-33-30-21-18-15-12-9-6-3/h8,11,17,20,27,29,46-48,52-53H,4-7,9-10,12-16,18-19,21-26,28,30-45H2,1-3H3,(H,51,54)/b11-8+,20-17+,29-27+. The molecule has 3 atom stereocenters. The fourth-order valence-corrected chi connectivity index (χ4v) is 7.33. The van der Waals surface area contributed by atoms with Crippen LogP contribution in [0.3, 0.4) is 0 Å². The van der Waals surface area contributed by atoms with E-state index in [0.29, 0.717) is 19.3 Å². The molecule has 0 radical (unpaired) electrons. The van der Waals surface area contributed by atoms with Crippen LogP contribution >= 0.6 is 0 Å². The summed E-state index contributed by atoms with van der Waals surface area (Å²) in [6.07, 6.45) is 50.7. The molecule has 0 spiro atoms. The highest BCUT2D eigenvalue weighted by Crippen LogP contribution is 2.17. The number of ether oxygens (including phenoxy) is 1. The molecule has 0 aliphatic carbocycles. The lowest BCUT2D eigenvalue weighted by Crippen LogP contribution is -2.46. The number of allylic oxidation sites excluding steroid dienone is 6. The molecule has 0 aliphatic heterocycles. The quantitative estimate of drug-likeness (QED) is 0.0325. The van der Waals surface area contributed by atoms with Crippen molar-refractivity contribution in [3.63, 3.8) is 0 Å². The topological polar surface area (TPSA) is 95.9 Å². The lowest BCUT2D eigenvalue weighted by atomic mass is 10.0. The lowest BCUT2D eigenvalue weighted by Gasteiger charge is -2.24. The number of hydrogen-bond donors (Lipinski definition) is 3. The van der Waals surface area contributed by atoms with Crippen LogP contribution < -0.4 is 5.32 Å². The number of rotatable bonds is 43. The number of carbonyl (C=O) groups is 2. The van der Waals surface area contributed by atoms with Crippen LogP contribution in [0.2, 0.25) is 0 Å². The van der Waals surface area contributed by atoms with Gasteiger partial charge in [0, 0.05) is 6.42 Å². The number of hydrogen-bond acceptors (Lipinski definition) is 5. The van der Waals surface area contributed by atoms with Crippen molar-refractivity contribution in [2.45, 2.75) is 264 Å². The molecule has 56 heavy (non-hydrogen) atoms. The Hall–Kier alpha value is -1.92. The second-order valence-electron chi connectivity index (χ2n) is 16.5. The number of amides is 1. The highest BCUT2D eigenvalue weighted by atomic mass is 16.5. The Labute approximate surface area is 347 Å². The molecule has 0 aromatic heterocycles. The SMILES string of the molecule is CC/C=C/C/C=C/C/C=C/CCCCC(CC(=O)NC(CO)C(O)CCCCCCCCCCCC)OC(=O)CCCCCCCCCCCCCCCCC. The summed E-state index contributed by atoms with van der Waals surface area (Å²) in [5, 5.41) is 23.6. The molecule has 0 heterocycles. The molecule has 0 aliphatic rings. The van der Waals surface area contributed by atoms with Crippen LogP contribution in [0.1, 0.15) is 245 Å². The van der Waals surface area contributed by atoms with Gasteiger partial charge in [0.25, 0.3) is 0 Å². The first-order valence-electron chi connectivity index (χ1n) is 24.2. The molecule has 0 saturated carbocycles. The molecule has 3 unspecified atom stereocenters. The molecule has 0 rings (SSSR count). The third-order valence-corrected chi connectivity index (χ3v) is 11.0. The molecule has 6 heteroatoms. The first kappa shape index (κ1) is 54.1. The summed E-state index contributed by atoms with van der Waals surface area (Å²) in [4.78, 5) is 26.0. The summed E-state index contributed by atoms with van der Waals surface area (Å²) in [5.41, 5.74) is 0. The van der Waals surface area contributed by atoms with E-state index in [9.17, 15) is 19.8 Å². The largest absolute Gasteiger partial charge is 0.462 e. The van der Waals surface area contributed by atoms with Crippen molar-refractivity contribution in [2.24, 2.45) is 0 Å². The molecular weight excluding hydrogens is 695 g/mol. The van der Waals surface area contributed by atoms with Crippen molar-refractivity contribution in [1.82, 2.24) is 5.32 Å². The average molecular weight is 788 g/mol. The van der Waals surface area contributed by atoms with Gasteiger partial charge in [-0.25, -0.2) is 0 Å². The van der Waals surface area contributed by atoms with Crippen molar-refractivity contribution < 1.29 is 24.5 Å². The predicted octanol–water partition coefficient (Wildman–Crippen LogP) is 14.1. The minimum Gasteiger partial charge on any atom is -0.462 e. The van der Waals surface area contributed by atoms with Gasteiger partial charge in [-0.2, -0.15) is 0 Å². The smallest absolute Gasteiger partial charge is 0.306 e. The van der Waals surface area contributed by atoms with E-state index < -0.39 is 18.2 Å². The Morgan fingerprint density at radius 3 is 1.45 bits per heavy atom. The van der Waals surface area contributed by atoms with Gasteiger partial charge in [-0.15, -0.1) is 0 Å². The van der Waals surface area contributed by atoms with E-state index in [0.717, 1.165) is 77.0 Å². The number of aliphatic hydroxyl groups excluding tert-OH is 2. The summed E-state index contributed by atoms with van der Waals surface area (Å²) >= 11 is 0. The monoisotopic (exact) mass is 788 g/mol. The van der Waals surface area contributed by atoms with E-state index in [2.05, 4.69) is 62.5 Å². The Balaban J connectivity index is 4.59. The Morgan fingerprint density at radius 1 is 0.536 bits per heavy atom. The molecule has 0 saturated heterocycles. The lowest BCUT2D eigenvalue weighted by molar-refractivity contribution is -0.151. The number of nitrogens with one attached hydrogen (secondary N) is 1. The van der Waals surface area contributed by atoms with Gasteiger partial charge >= 0.3 is 5.97 Å². The molecule has 0 aromatic carbocycles. The molecule has 6 nitrogen and oxygen atoms in total. The van der Waals surface area contributed by atoms with E-state index in [4.69, 9.17) is 4.74 Å². The van der Waals surface area contributed by atoms with Crippen LogP contribution in [-0.2, 0) is 14.3 Å². The Bertz CT molecular complexity index is 930. The maximum Gasteiger partial charge on any atom is 0.306 e. The second kappa shape index (κ2) is 44.2. The van der Waals surface area contributed by atoms with Crippen molar-refractivity contribution in [1.29, 1.82) is 0 Å². The Morgan fingerprint density at radius 2 is 0.964 bits per heavy atom. The summed E-state index contributed by atoms with van der Waals surface area (Å²) in [5.74, 6) is -0.505. The predicted molar refractivity (Wildman–Crippen MR) is 241 cm³/mol. The van der Waals surface area contributed by atoms with E-state index in [1.165, 1.54) is 122 Å². The van der Waals surface area contributed by atoms with E-state index in [1.54, 1.807) is 0 Å². The van der Waals surface area contributed by atoms with Crippen LogP contribution in [0.5, 0.6) is 0 Å². The van der Waals surface area contributed by atoms with Gasteiger partial charge < -0.3 is 20.3 Å². The number of carbonyl (C=O) groups excluding carboxylic acids is 2. The highest BCUT2D eigenvalue weighted by Gasteiger charge is 2.24. The zero-order valence-electron chi connectivity index (χ0n) is 37.3. The van der Waals surface area contributed by atoms with Crippen LogP contribution in [0.15, 0.2) is 36.5 Å². The molecule has 1 amide bonds. The van der Waals surface area contributed by atoms with Gasteiger partial charge in [0.1, 0.15) is 6.10 Å². The highest BCUT2D eigenvalue weighted by molar-refractivity contribution is 5.77. The molecule has 3 N–H and O–H groups in total. The third-order valence-electron chi connectivity index (χ3n) is 11.0. The van der Waals surface area contributed by atoms with Crippen molar-refractivity contribution in [3.8, 4) is 0 Å². The first-order chi connectivity index (χ1) is 27.5. The second-order valence-corrected chi connectivity index (χ2v) is 16.5. The zero-order chi connectivity index (χ0) is 41.0. The van der Waals surface area contributed by atoms with Gasteiger partial charge in [0.05, 0.1) is 25.2 Å². The van der Waals surface area contributed by atoms with Crippen molar-refractivity contribution in [2.75, 3.05) is 6.61 Å². The average Bonchev–Trinajstić information content (AvgIpc) is 3.19. The van der Waals surface area contributed by atoms with E-state index >= 15 is 0 Å². The van der Waals surface area contributed by atoms with Gasteiger partial charge in [0.2, 0.25) is 5.91 Å². The van der Waals surface area contributed by atoms with Crippen molar-refractivity contribution in [3.05, 3.63) is 36.5 Å². The normalized spacial score (nSPS) is 13.6. The molecule has 328 valence electrons. The van der Waals surface area contributed by atoms with Crippen LogP contribution in [0, 0.1) is 0 Å². The fourth-order valence-electron chi connectivity index (χ4n) is 7.33. The summed E-state index contributed by atoms with van der Waals surface area (Å²) in [6, 6.07) is -0.709. The van der Waals surface area contributed by atoms with Crippen LogP contribution in [0.4, 0.5) is 0 Å². The minimum atomic E-state index is -0.793. The van der Waals surface area contributed by atoms with Crippen LogP contribution in [-0.4, -0.2) is 46.9 Å². The summed E-state index contributed by atoms with van der Waals surface area (Å²) < 4.78 is 5.90. The number of aliphatic hydroxyl groups is 2. The van der Waals surface area contributed by atoms with Gasteiger partial charge in [-0.3, -0.25) is 9.59 Å². The van der Waals surface area contributed by atoms with E-state index in [-0.39, 0.29) is 24.9 Å². The molecule has 0 bridgehead atoms. The maximum atomic E-state index is 13.1. The molecular formula is C50H93NO5. The molecule has 0 aromatic rings. The Kier molecular flexibility index (Phi) is 42.7. The fraction of sp³-hybridized carbons (Fsp3) is 0.840. The number of unbranched alkanes of at least 4 members (excludes halogenated alkanes) is 25. The van der Waals surface area contributed by atoms with Crippen molar-refractivity contribution >= 4 is 11.9 Å². The zero-order valence-corrected chi connectivity index (χ0v) is 37.3. The summed E-state index contributed by atoms with van der Waals surface area (Å²) in [7, 11) is 0.